The molecule has 0 fully saturated rings. The number of benzene rings is 1. The average molecular weight is 249 g/mol. The second-order valence-electron chi connectivity index (χ2n) is 5.21. The van der Waals surface area contributed by atoms with Gasteiger partial charge in [0.2, 0.25) is 0 Å². The zero-order chi connectivity index (χ0) is 13.3. The van der Waals surface area contributed by atoms with E-state index in [0.717, 1.165) is 18.8 Å². The summed E-state index contributed by atoms with van der Waals surface area (Å²) in [5.41, 5.74) is -0.286. The van der Waals surface area contributed by atoms with Crippen LogP contribution in [0.3, 0.4) is 0 Å². The van der Waals surface area contributed by atoms with E-state index in [2.05, 4.69) is 26.8 Å². The normalized spacial score (nSPS) is 11.5. The van der Waals surface area contributed by atoms with Gasteiger partial charge in [0.1, 0.15) is 11.4 Å². The summed E-state index contributed by atoms with van der Waals surface area (Å²) in [5.74, 6) is 0.869. The SMILES string of the molecule is CCCCCCOCC(C)(C)Oc1cc[c]cc1. The van der Waals surface area contributed by atoms with Crippen LogP contribution in [-0.4, -0.2) is 18.8 Å². The predicted octanol–water partition coefficient (Wildman–Crippen LogP) is 4.24. The molecule has 2 heteroatoms. The van der Waals surface area contributed by atoms with Gasteiger partial charge < -0.3 is 9.47 Å². The molecule has 0 aliphatic rings. The summed E-state index contributed by atoms with van der Waals surface area (Å²) >= 11 is 0. The summed E-state index contributed by atoms with van der Waals surface area (Å²) in [7, 11) is 0. The van der Waals surface area contributed by atoms with E-state index in [9.17, 15) is 0 Å². The minimum Gasteiger partial charge on any atom is -0.485 e. The standard InChI is InChI=1S/C16H25O2/c1-4-5-6-10-13-17-14-16(2,3)18-15-11-8-7-9-12-15/h8-9,11-12H,4-6,10,13-14H2,1-3H3. The van der Waals surface area contributed by atoms with Crippen LogP contribution in [0.5, 0.6) is 5.75 Å². The van der Waals surface area contributed by atoms with Crippen molar-refractivity contribution in [3.63, 3.8) is 0 Å². The minimum atomic E-state index is -0.286. The molecule has 2 nitrogen and oxygen atoms in total. The second kappa shape index (κ2) is 8.15. The van der Waals surface area contributed by atoms with Crippen molar-refractivity contribution in [1.29, 1.82) is 0 Å². The van der Waals surface area contributed by atoms with E-state index in [0.29, 0.717) is 6.61 Å². The molecule has 0 aliphatic carbocycles. The summed E-state index contributed by atoms with van der Waals surface area (Å²) < 4.78 is 11.6. The lowest BCUT2D eigenvalue weighted by atomic mass is 10.1. The third-order valence-electron chi connectivity index (χ3n) is 2.67. The van der Waals surface area contributed by atoms with E-state index in [-0.39, 0.29) is 5.60 Å². The molecule has 0 aromatic heterocycles. The van der Waals surface area contributed by atoms with Crippen LogP contribution in [0.25, 0.3) is 0 Å². The molecule has 0 amide bonds. The molecule has 1 rings (SSSR count). The van der Waals surface area contributed by atoms with Crippen molar-refractivity contribution in [2.24, 2.45) is 0 Å². The average Bonchev–Trinajstić information content (AvgIpc) is 2.34. The van der Waals surface area contributed by atoms with Crippen molar-refractivity contribution < 1.29 is 9.47 Å². The van der Waals surface area contributed by atoms with Crippen molar-refractivity contribution in [2.75, 3.05) is 13.2 Å². The second-order valence-corrected chi connectivity index (χ2v) is 5.21. The maximum absolute atomic E-state index is 5.88. The van der Waals surface area contributed by atoms with E-state index >= 15 is 0 Å². The molecule has 0 saturated heterocycles. The number of ether oxygens (including phenoxy) is 2. The number of hydrogen-bond donors (Lipinski definition) is 0. The van der Waals surface area contributed by atoms with Gasteiger partial charge in [0.25, 0.3) is 0 Å². The third kappa shape index (κ3) is 6.65. The highest BCUT2D eigenvalue weighted by atomic mass is 16.5. The molecule has 1 radical (unpaired) electrons. The van der Waals surface area contributed by atoms with Gasteiger partial charge >= 0.3 is 0 Å². The Labute approximate surface area is 111 Å². The van der Waals surface area contributed by atoms with Crippen LogP contribution in [-0.2, 0) is 4.74 Å². The Morgan fingerprint density at radius 3 is 2.50 bits per heavy atom. The first kappa shape index (κ1) is 15.0. The summed E-state index contributed by atoms with van der Waals surface area (Å²) in [5, 5.41) is 0. The first-order chi connectivity index (χ1) is 8.64. The van der Waals surface area contributed by atoms with Crippen LogP contribution in [0.15, 0.2) is 24.3 Å². The maximum atomic E-state index is 5.88. The Balaban J connectivity index is 2.19. The van der Waals surface area contributed by atoms with E-state index in [1.807, 2.05) is 24.3 Å². The van der Waals surface area contributed by atoms with Crippen LogP contribution in [0.2, 0.25) is 0 Å². The molecular weight excluding hydrogens is 224 g/mol. The fraction of sp³-hybridized carbons (Fsp3) is 0.625. The van der Waals surface area contributed by atoms with Crippen LogP contribution in [0.1, 0.15) is 46.5 Å². The summed E-state index contributed by atoms with van der Waals surface area (Å²) in [6, 6.07) is 10.5. The molecule has 1 aromatic carbocycles. The molecule has 0 aliphatic heterocycles. The van der Waals surface area contributed by atoms with Crippen LogP contribution in [0, 0.1) is 6.07 Å². The first-order valence-electron chi connectivity index (χ1n) is 6.87. The van der Waals surface area contributed by atoms with Crippen LogP contribution in [0.4, 0.5) is 0 Å². The summed E-state index contributed by atoms with van der Waals surface area (Å²) in [4.78, 5) is 0. The molecule has 0 saturated carbocycles. The minimum absolute atomic E-state index is 0.286. The zero-order valence-corrected chi connectivity index (χ0v) is 11.9. The van der Waals surface area contributed by atoms with E-state index in [1.165, 1.54) is 19.3 Å². The van der Waals surface area contributed by atoms with E-state index in [1.54, 1.807) is 0 Å². The lowest BCUT2D eigenvalue weighted by molar-refractivity contribution is -0.00433. The van der Waals surface area contributed by atoms with Crippen molar-refractivity contribution in [3.8, 4) is 5.75 Å². The van der Waals surface area contributed by atoms with Crippen molar-refractivity contribution in [3.05, 3.63) is 30.3 Å². The van der Waals surface area contributed by atoms with Crippen molar-refractivity contribution in [1.82, 2.24) is 0 Å². The highest BCUT2D eigenvalue weighted by Crippen LogP contribution is 2.17. The highest BCUT2D eigenvalue weighted by molar-refractivity contribution is 5.21. The molecule has 0 unspecified atom stereocenters. The lowest BCUT2D eigenvalue weighted by Gasteiger charge is -2.26. The molecule has 0 atom stereocenters. The lowest BCUT2D eigenvalue weighted by Crippen LogP contribution is -2.34. The topological polar surface area (TPSA) is 18.5 Å². The number of rotatable bonds is 9. The Kier molecular flexibility index (Phi) is 6.81. The van der Waals surface area contributed by atoms with Gasteiger partial charge in [-0.15, -0.1) is 0 Å². The van der Waals surface area contributed by atoms with Gasteiger partial charge in [-0.2, -0.15) is 0 Å². The van der Waals surface area contributed by atoms with Crippen LogP contribution >= 0.6 is 0 Å². The van der Waals surface area contributed by atoms with Gasteiger partial charge in [0, 0.05) is 6.61 Å². The van der Waals surface area contributed by atoms with Gasteiger partial charge in [-0.05, 0) is 38.5 Å². The zero-order valence-electron chi connectivity index (χ0n) is 11.9. The Bertz CT molecular complexity index is 306. The highest BCUT2D eigenvalue weighted by Gasteiger charge is 2.19. The largest absolute Gasteiger partial charge is 0.485 e. The number of unbranched alkanes of at least 4 members (excludes halogenated alkanes) is 3. The van der Waals surface area contributed by atoms with Gasteiger partial charge in [-0.1, -0.05) is 38.3 Å². The Hall–Kier alpha value is -1.02. The molecule has 0 spiro atoms. The fourth-order valence-electron chi connectivity index (χ4n) is 1.74. The van der Waals surface area contributed by atoms with E-state index in [4.69, 9.17) is 9.47 Å². The molecule has 1 aromatic rings. The summed E-state index contributed by atoms with van der Waals surface area (Å²) in [6.07, 6.45) is 4.96. The molecule has 0 bridgehead atoms. The Morgan fingerprint density at radius 2 is 1.83 bits per heavy atom. The molecule has 101 valence electrons. The first-order valence-corrected chi connectivity index (χ1v) is 6.87. The van der Waals surface area contributed by atoms with Gasteiger partial charge in [-0.25, -0.2) is 0 Å². The van der Waals surface area contributed by atoms with Gasteiger partial charge in [-0.3, -0.25) is 0 Å². The third-order valence-corrected chi connectivity index (χ3v) is 2.67. The molecule has 18 heavy (non-hydrogen) atoms. The van der Waals surface area contributed by atoms with Crippen molar-refractivity contribution >= 4 is 0 Å². The van der Waals surface area contributed by atoms with E-state index < -0.39 is 0 Å². The monoisotopic (exact) mass is 249 g/mol. The molecule has 0 N–H and O–H groups in total. The van der Waals surface area contributed by atoms with Crippen molar-refractivity contribution in [2.45, 2.75) is 52.1 Å². The maximum Gasteiger partial charge on any atom is 0.127 e. The van der Waals surface area contributed by atoms with Crippen LogP contribution < -0.4 is 4.74 Å². The Morgan fingerprint density at radius 1 is 1.11 bits per heavy atom. The van der Waals surface area contributed by atoms with Gasteiger partial charge in [0.05, 0.1) is 6.61 Å². The molecule has 0 heterocycles. The fourth-order valence-corrected chi connectivity index (χ4v) is 1.74. The van der Waals surface area contributed by atoms with Gasteiger partial charge in [0.15, 0.2) is 0 Å². The quantitative estimate of drug-likeness (QED) is 0.609. The molecular formula is C16H25O2. The smallest absolute Gasteiger partial charge is 0.127 e. The summed E-state index contributed by atoms with van der Waals surface area (Å²) in [6.45, 7) is 7.77. The number of hydrogen-bond acceptors (Lipinski definition) is 2. The predicted molar refractivity (Wildman–Crippen MR) is 74.9 cm³/mol.